The van der Waals surface area contributed by atoms with Crippen LogP contribution in [0.5, 0.6) is 0 Å². The first-order valence-electron chi connectivity index (χ1n) is 5.72. The highest BCUT2D eigenvalue weighted by Crippen LogP contribution is 2.29. The van der Waals surface area contributed by atoms with Gasteiger partial charge in [0.1, 0.15) is 11.9 Å². The number of amides is 1. The van der Waals surface area contributed by atoms with Crippen molar-refractivity contribution in [1.82, 2.24) is 0 Å². The summed E-state index contributed by atoms with van der Waals surface area (Å²) in [7, 11) is -4.68. The van der Waals surface area contributed by atoms with Crippen LogP contribution in [-0.4, -0.2) is 26.6 Å². The third kappa shape index (κ3) is 3.11. The van der Waals surface area contributed by atoms with Crippen molar-refractivity contribution in [1.29, 1.82) is 5.26 Å². The van der Waals surface area contributed by atoms with Crippen LogP contribution in [0.1, 0.15) is 12.0 Å². The van der Waals surface area contributed by atoms with E-state index < -0.39 is 33.6 Å². The number of nitrogens with zero attached hydrogens (tertiary/aromatic N) is 2. The molecule has 1 fully saturated rings. The maximum absolute atomic E-state index is 13.2. The SMILES string of the molecule is N#Cc1ccc(F)cc1N1CC(CS(=O)(=O)F)CC1=O. The zero-order valence-corrected chi connectivity index (χ0v) is 11.0. The van der Waals surface area contributed by atoms with Crippen LogP contribution in [0.2, 0.25) is 0 Å². The summed E-state index contributed by atoms with van der Waals surface area (Å²) in [6.45, 7) is -0.0554. The molecule has 2 rings (SSSR count). The van der Waals surface area contributed by atoms with Gasteiger partial charge in [-0.3, -0.25) is 4.79 Å². The predicted molar refractivity (Wildman–Crippen MR) is 66.5 cm³/mol. The van der Waals surface area contributed by atoms with Crippen LogP contribution >= 0.6 is 0 Å². The Kier molecular flexibility index (Phi) is 3.72. The number of hydrogen-bond donors (Lipinski definition) is 0. The largest absolute Gasteiger partial charge is 0.311 e. The minimum atomic E-state index is -4.68. The molecule has 0 radical (unpaired) electrons. The maximum atomic E-state index is 13.2. The van der Waals surface area contributed by atoms with Gasteiger partial charge < -0.3 is 4.90 Å². The van der Waals surface area contributed by atoms with Crippen LogP contribution in [-0.2, 0) is 15.0 Å². The second-order valence-corrected chi connectivity index (χ2v) is 5.96. The van der Waals surface area contributed by atoms with Gasteiger partial charge in [-0.15, -0.1) is 3.89 Å². The molecular formula is C12H10F2N2O3S. The lowest BCUT2D eigenvalue weighted by atomic mass is 10.1. The van der Waals surface area contributed by atoms with Crippen LogP contribution in [0.3, 0.4) is 0 Å². The predicted octanol–water partition coefficient (Wildman–Crippen LogP) is 1.35. The Hall–Kier alpha value is -2.01. The fourth-order valence-corrected chi connectivity index (χ4v) is 3.02. The molecule has 5 nitrogen and oxygen atoms in total. The maximum Gasteiger partial charge on any atom is 0.302 e. The zero-order valence-electron chi connectivity index (χ0n) is 10.2. The van der Waals surface area contributed by atoms with E-state index in [0.29, 0.717) is 0 Å². The third-order valence-corrected chi connectivity index (χ3v) is 3.88. The molecule has 1 aromatic carbocycles. The third-order valence-electron chi connectivity index (χ3n) is 3.01. The Morgan fingerprint density at radius 2 is 2.15 bits per heavy atom. The molecule has 1 atom stereocenters. The fraction of sp³-hybridized carbons (Fsp3) is 0.333. The number of benzene rings is 1. The quantitative estimate of drug-likeness (QED) is 0.789. The number of carbonyl (C=O) groups is 1. The summed E-state index contributed by atoms with van der Waals surface area (Å²) in [6.07, 6.45) is -0.148. The molecule has 0 bridgehead atoms. The highest BCUT2D eigenvalue weighted by Gasteiger charge is 2.34. The van der Waals surface area contributed by atoms with E-state index in [-0.39, 0.29) is 24.2 Å². The van der Waals surface area contributed by atoms with Crippen LogP contribution in [0.25, 0.3) is 0 Å². The summed E-state index contributed by atoms with van der Waals surface area (Å²) in [5, 5.41) is 8.94. The second kappa shape index (κ2) is 5.17. The molecule has 1 saturated heterocycles. The van der Waals surface area contributed by atoms with Crippen molar-refractivity contribution in [2.24, 2.45) is 5.92 Å². The lowest BCUT2D eigenvalue weighted by Crippen LogP contribution is -2.26. The Bertz CT molecular complexity index is 697. The van der Waals surface area contributed by atoms with Gasteiger partial charge in [-0.1, -0.05) is 0 Å². The van der Waals surface area contributed by atoms with Crippen LogP contribution in [0.15, 0.2) is 18.2 Å². The van der Waals surface area contributed by atoms with E-state index >= 15 is 0 Å². The monoisotopic (exact) mass is 300 g/mol. The van der Waals surface area contributed by atoms with Crippen molar-refractivity contribution in [3.05, 3.63) is 29.6 Å². The molecule has 0 N–H and O–H groups in total. The van der Waals surface area contributed by atoms with Gasteiger partial charge in [0.25, 0.3) is 0 Å². The number of anilines is 1. The Morgan fingerprint density at radius 1 is 1.45 bits per heavy atom. The van der Waals surface area contributed by atoms with Crippen molar-refractivity contribution in [3.63, 3.8) is 0 Å². The molecule has 0 aromatic heterocycles. The molecule has 1 aliphatic rings. The molecule has 1 aromatic rings. The van der Waals surface area contributed by atoms with Crippen molar-refractivity contribution in [2.45, 2.75) is 6.42 Å². The van der Waals surface area contributed by atoms with Crippen LogP contribution in [0, 0.1) is 23.1 Å². The average molecular weight is 300 g/mol. The minimum Gasteiger partial charge on any atom is -0.311 e. The number of hydrogen-bond acceptors (Lipinski definition) is 4. The van der Waals surface area contributed by atoms with E-state index in [2.05, 4.69) is 0 Å². The molecule has 1 unspecified atom stereocenters. The second-order valence-electron chi connectivity index (χ2n) is 4.55. The van der Waals surface area contributed by atoms with Crippen molar-refractivity contribution < 1.29 is 21.5 Å². The highest BCUT2D eigenvalue weighted by molar-refractivity contribution is 7.86. The zero-order chi connectivity index (χ0) is 14.9. The van der Waals surface area contributed by atoms with Gasteiger partial charge in [0.05, 0.1) is 17.0 Å². The Labute approximate surface area is 114 Å². The van der Waals surface area contributed by atoms with Gasteiger partial charge >= 0.3 is 10.2 Å². The molecule has 8 heteroatoms. The standard InChI is InChI=1S/C12H10F2N2O3S/c13-10-2-1-9(5-15)11(4-10)16-6-8(3-12(16)17)7-20(14,18)19/h1-2,4,8H,3,6-7H2. The Morgan fingerprint density at radius 3 is 2.75 bits per heavy atom. The highest BCUT2D eigenvalue weighted by atomic mass is 32.3. The van der Waals surface area contributed by atoms with Crippen molar-refractivity contribution in [3.8, 4) is 6.07 Å². The van der Waals surface area contributed by atoms with E-state index in [0.717, 1.165) is 17.0 Å². The molecule has 20 heavy (non-hydrogen) atoms. The van der Waals surface area contributed by atoms with E-state index in [4.69, 9.17) is 5.26 Å². The van der Waals surface area contributed by atoms with Crippen LogP contribution in [0.4, 0.5) is 14.0 Å². The van der Waals surface area contributed by atoms with Crippen LogP contribution < -0.4 is 4.90 Å². The van der Waals surface area contributed by atoms with Crippen molar-refractivity contribution >= 4 is 21.8 Å². The summed E-state index contributed by atoms with van der Waals surface area (Å²) in [5.74, 6) is -2.53. The molecule has 1 amide bonds. The van der Waals surface area contributed by atoms with E-state index in [1.165, 1.54) is 6.07 Å². The first-order valence-corrected chi connectivity index (χ1v) is 7.28. The van der Waals surface area contributed by atoms with Gasteiger partial charge in [-0.05, 0) is 18.2 Å². The van der Waals surface area contributed by atoms with E-state index in [1.807, 2.05) is 6.07 Å². The first-order chi connectivity index (χ1) is 9.30. The minimum absolute atomic E-state index is 0.0554. The lowest BCUT2D eigenvalue weighted by molar-refractivity contribution is -0.117. The summed E-state index contributed by atoms with van der Waals surface area (Å²) in [5.41, 5.74) is 0.180. The smallest absolute Gasteiger partial charge is 0.302 e. The summed E-state index contributed by atoms with van der Waals surface area (Å²) < 4.78 is 47.1. The molecular weight excluding hydrogens is 290 g/mol. The number of nitriles is 1. The van der Waals surface area contributed by atoms with Gasteiger partial charge in [0.15, 0.2) is 0 Å². The summed E-state index contributed by atoms with van der Waals surface area (Å²) >= 11 is 0. The molecule has 0 saturated carbocycles. The van der Waals surface area contributed by atoms with Gasteiger partial charge in [-0.25, -0.2) is 4.39 Å². The molecule has 1 heterocycles. The summed E-state index contributed by atoms with van der Waals surface area (Å²) in [4.78, 5) is 12.9. The fourth-order valence-electron chi connectivity index (χ4n) is 2.23. The van der Waals surface area contributed by atoms with Gasteiger partial charge in [0.2, 0.25) is 5.91 Å². The first kappa shape index (κ1) is 14.4. The van der Waals surface area contributed by atoms with Gasteiger partial charge in [0, 0.05) is 18.9 Å². The van der Waals surface area contributed by atoms with Gasteiger partial charge in [-0.2, -0.15) is 13.7 Å². The summed E-state index contributed by atoms with van der Waals surface area (Å²) in [6, 6.07) is 5.18. The number of rotatable bonds is 3. The van der Waals surface area contributed by atoms with Crippen molar-refractivity contribution in [2.75, 3.05) is 17.2 Å². The number of halogens is 2. The van der Waals surface area contributed by atoms with E-state index in [9.17, 15) is 21.5 Å². The number of carbonyl (C=O) groups excluding carboxylic acids is 1. The van der Waals surface area contributed by atoms with E-state index in [1.54, 1.807) is 0 Å². The Balaban J connectivity index is 2.29. The normalized spacial score (nSPS) is 19.1. The molecule has 0 aliphatic carbocycles. The topological polar surface area (TPSA) is 78.2 Å². The average Bonchev–Trinajstić information content (AvgIpc) is 2.67. The molecule has 1 aliphatic heterocycles. The molecule has 106 valence electrons. The lowest BCUT2D eigenvalue weighted by Gasteiger charge is -2.17. The molecule has 0 spiro atoms.